The van der Waals surface area contributed by atoms with Gasteiger partial charge in [0.05, 0.1) is 17.1 Å². The van der Waals surface area contributed by atoms with Crippen molar-refractivity contribution in [3.8, 4) is 0 Å². The molecule has 3 rings (SSSR count). The van der Waals surface area contributed by atoms with Crippen LogP contribution in [0.4, 0.5) is 4.39 Å². The molecule has 0 saturated heterocycles. The van der Waals surface area contributed by atoms with Crippen molar-refractivity contribution in [2.75, 3.05) is 0 Å². The van der Waals surface area contributed by atoms with Crippen LogP contribution in [0.15, 0.2) is 42.9 Å². The Bertz CT molecular complexity index is 859. The van der Waals surface area contributed by atoms with Gasteiger partial charge in [-0.15, -0.1) is 0 Å². The van der Waals surface area contributed by atoms with Crippen molar-refractivity contribution in [3.63, 3.8) is 0 Å². The fourth-order valence-corrected chi connectivity index (χ4v) is 3.24. The summed E-state index contributed by atoms with van der Waals surface area (Å²) in [5.41, 5.74) is 5.85. The zero-order chi connectivity index (χ0) is 16.6. The Balaban J connectivity index is 2.38. The molecule has 118 valence electrons. The Labute approximate surface area is 132 Å². The van der Waals surface area contributed by atoms with Crippen LogP contribution >= 0.6 is 0 Å². The van der Waals surface area contributed by atoms with E-state index in [1.807, 2.05) is 13.8 Å². The van der Waals surface area contributed by atoms with Crippen LogP contribution in [0.1, 0.15) is 25.0 Å². The molecule has 3 N–H and O–H groups in total. The van der Waals surface area contributed by atoms with E-state index in [9.17, 15) is 4.79 Å². The lowest BCUT2D eigenvalue weighted by atomic mass is 9.66. The number of pyridine rings is 1. The molecule has 0 bridgehead atoms. The van der Waals surface area contributed by atoms with Gasteiger partial charge in [-0.1, -0.05) is 26.0 Å². The summed E-state index contributed by atoms with van der Waals surface area (Å²) in [6, 6.07) is 6.76. The molecule has 5 nitrogen and oxygen atoms in total. The third-order valence-electron chi connectivity index (χ3n) is 4.35. The second kappa shape index (κ2) is 5.46. The number of hydrogen-bond acceptors (Lipinski definition) is 3. The van der Waals surface area contributed by atoms with E-state index >= 15 is 4.39 Å². The Morgan fingerprint density at radius 1 is 1.30 bits per heavy atom. The predicted octanol–water partition coefficient (Wildman–Crippen LogP) is 2.52. The normalized spacial score (nSPS) is 14.1. The first-order valence-electron chi connectivity index (χ1n) is 7.32. The van der Waals surface area contributed by atoms with E-state index in [2.05, 4.69) is 15.2 Å². The fraction of sp³-hybridized carbons (Fsp3) is 0.235. The third kappa shape index (κ3) is 2.10. The Morgan fingerprint density at radius 2 is 2.09 bits per heavy atom. The molecule has 0 aliphatic heterocycles. The van der Waals surface area contributed by atoms with Crippen LogP contribution in [-0.2, 0) is 10.2 Å². The van der Waals surface area contributed by atoms with Gasteiger partial charge in [0.15, 0.2) is 0 Å². The number of nitrogens with one attached hydrogen (secondary N) is 1. The van der Waals surface area contributed by atoms with Gasteiger partial charge in [-0.05, 0) is 23.6 Å². The lowest BCUT2D eigenvalue weighted by Crippen LogP contribution is -2.47. The number of aromatic nitrogens is 3. The number of carbonyl (C=O) groups is 1. The van der Waals surface area contributed by atoms with Crippen LogP contribution in [0.2, 0.25) is 0 Å². The van der Waals surface area contributed by atoms with Gasteiger partial charge in [0.25, 0.3) is 0 Å². The molecular formula is C17H17FN4O. The van der Waals surface area contributed by atoms with E-state index in [0.29, 0.717) is 16.5 Å². The van der Waals surface area contributed by atoms with Gasteiger partial charge in [0.2, 0.25) is 5.91 Å². The van der Waals surface area contributed by atoms with Crippen molar-refractivity contribution in [3.05, 3.63) is 59.8 Å². The summed E-state index contributed by atoms with van der Waals surface area (Å²) in [6.07, 6.45) is 4.57. The van der Waals surface area contributed by atoms with Crippen molar-refractivity contribution in [2.45, 2.75) is 19.3 Å². The highest BCUT2D eigenvalue weighted by Crippen LogP contribution is 2.41. The van der Waals surface area contributed by atoms with Crippen LogP contribution in [0.25, 0.3) is 10.9 Å². The van der Waals surface area contributed by atoms with E-state index in [1.165, 1.54) is 6.20 Å². The van der Waals surface area contributed by atoms with Crippen molar-refractivity contribution >= 4 is 16.8 Å². The molecule has 2 heterocycles. The van der Waals surface area contributed by atoms with Crippen LogP contribution in [0, 0.1) is 11.7 Å². The average Bonchev–Trinajstić information content (AvgIpc) is 3.00. The Kier molecular flexibility index (Phi) is 3.60. The van der Waals surface area contributed by atoms with Gasteiger partial charge in [-0.2, -0.15) is 5.10 Å². The molecular weight excluding hydrogens is 295 g/mol. The summed E-state index contributed by atoms with van der Waals surface area (Å²) in [7, 11) is 0. The first-order valence-corrected chi connectivity index (χ1v) is 7.32. The maximum atomic E-state index is 15.1. The minimum absolute atomic E-state index is 0.238. The number of primary amides is 1. The number of nitrogens with zero attached hydrogens (tertiary/aromatic N) is 2. The number of fused-ring (bicyclic) bond motifs is 1. The largest absolute Gasteiger partial charge is 0.369 e. The first kappa shape index (κ1) is 15.1. The summed E-state index contributed by atoms with van der Waals surface area (Å²) in [5.74, 6) is -1.36. The molecule has 0 fully saturated rings. The first-order chi connectivity index (χ1) is 11.0. The molecule has 0 spiro atoms. The van der Waals surface area contributed by atoms with Gasteiger partial charge in [-0.3, -0.25) is 14.9 Å². The smallest absolute Gasteiger partial charge is 0.232 e. The molecule has 3 aromatic rings. The van der Waals surface area contributed by atoms with Crippen molar-refractivity contribution in [1.82, 2.24) is 15.2 Å². The fourth-order valence-electron chi connectivity index (χ4n) is 3.24. The Hall–Kier alpha value is -2.76. The topological polar surface area (TPSA) is 84.7 Å². The molecule has 1 atom stereocenters. The number of hydrogen-bond donors (Lipinski definition) is 2. The monoisotopic (exact) mass is 312 g/mol. The predicted molar refractivity (Wildman–Crippen MR) is 85.1 cm³/mol. The van der Waals surface area contributed by atoms with Crippen LogP contribution in [-0.4, -0.2) is 21.1 Å². The summed E-state index contributed by atoms with van der Waals surface area (Å²) in [5, 5.41) is 6.90. The highest BCUT2D eigenvalue weighted by Gasteiger charge is 2.46. The second-order valence-electron chi connectivity index (χ2n) is 5.83. The van der Waals surface area contributed by atoms with Gasteiger partial charge in [0, 0.05) is 18.0 Å². The van der Waals surface area contributed by atoms with E-state index in [0.717, 1.165) is 0 Å². The standard InChI is InChI=1S/C17H17FN4O/c1-10(2)17(16(19)23,11-4-3-7-20-8-11)13-5-6-14-12(15(13)18)9-21-22-14/h3-10H,1-2H3,(H2,19,23)(H,21,22). The number of benzene rings is 1. The number of aromatic amines is 1. The summed E-state index contributed by atoms with van der Waals surface area (Å²) < 4.78 is 15.1. The van der Waals surface area contributed by atoms with Gasteiger partial charge in [-0.25, -0.2) is 4.39 Å². The van der Waals surface area contributed by atoms with E-state index < -0.39 is 17.1 Å². The number of halogens is 1. The number of H-pyrrole nitrogens is 1. The third-order valence-corrected chi connectivity index (χ3v) is 4.35. The molecule has 6 heteroatoms. The van der Waals surface area contributed by atoms with Crippen LogP contribution in [0.3, 0.4) is 0 Å². The molecule has 1 amide bonds. The van der Waals surface area contributed by atoms with Crippen molar-refractivity contribution < 1.29 is 9.18 Å². The average molecular weight is 312 g/mol. The summed E-state index contributed by atoms with van der Waals surface area (Å²) >= 11 is 0. The molecule has 1 aromatic carbocycles. The maximum Gasteiger partial charge on any atom is 0.232 e. The summed E-state index contributed by atoms with van der Waals surface area (Å²) in [4.78, 5) is 16.6. The lowest BCUT2D eigenvalue weighted by Gasteiger charge is -2.35. The minimum Gasteiger partial charge on any atom is -0.369 e. The Morgan fingerprint density at radius 3 is 2.70 bits per heavy atom. The molecule has 0 radical (unpaired) electrons. The van der Waals surface area contributed by atoms with Crippen LogP contribution in [0.5, 0.6) is 0 Å². The molecule has 23 heavy (non-hydrogen) atoms. The second-order valence-corrected chi connectivity index (χ2v) is 5.83. The van der Waals surface area contributed by atoms with Crippen molar-refractivity contribution in [1.29, 1.82) is 0 Å². The van der Waals surface area contributed by atoms with Gasteiger partial charge in [0.1, 0.15) is 11.2 Å². The van der Waals surface area contributed by atoms with Crippen molar-refractivity contribution in [2.24, 2.45) is 11.7 Å². The zero-order valence-electron chi connectivity index (χ0n) is 12.9. The SMILES string of the molecule is CC(C)C(C(N)=O)(c1cccnc1)c1ccc2[nH]ncc2c1F. The molecule has 0 aliphatic rings. The summed E-state index contributed by atoms with van der Waals surface area (Å²) in [6.45, 7) is 3.69. The minimum atomic E-state index is -1.30. The number of carbonyl (C=O) groups excluding carboxylic acids is 1. The molecule has 0 saturated carbocycles. The lowest BCUT2D eigenvalue weighted by molar-refractivity contribution is -0.123. The van der Waals surface area contributed by atoms with E-state index in [1.54, 1.807) is 36.7 Å². The van der Waals surface area contributed by atoms with Gasteiger partial charge >= 0.3 is 0 Å². The molecule has 1 unspecified atom stereocenters. The number of amides is 1. The zero-order valence-corrected chi connectivity index (χ0v) is 12.9. The van der Waals surface area contributed by atoms with Gasteiger partial charge < -0.3 is 5.73 Å². The highest BCUT2D eigenvalue weighted by molar-refractivity contribution is 5.93. The van der Waals surface area contributed by atoms with E-state index in [-0.39, 0.29) is 11.5 Å². The molecule has 2 aromatic heterocycles. The maximum absolute atomic E-state index is 15.1. The number of rotatable bonds is 4. The highest BCUT2D eigenvalue weighted by atomic mass is 19.1. The van der Waals surface area contributed by atoms with Crippen LogP contribution < -0.4 is 5.73 Å². The van der Waals surface area contributed by atoms with E-state index in [4.69, 9.17) is 5.73 Å². The molecule has 0 aliphatic carbocycles. The quantitative estimate of drug-likeness (QED) is 0.776. The number of nitrogens with two attached hydrogens (primary N) is 1.